The van der Waals surface area contributed by atoms with E-state index in [2.05, 4.69) is 15.9 Å². The predicted molar refractivity (Wildman–Crippen MR) is 79.0 cm³/mol. The summed E-state index contributed by atoms with van der Waals surface area (Å²) in [5, 5.41) is 0.330. The topological polar surface area (TPSA) is 37.4 Å². The van der Waals surface area contributed by atoms with E-state index in [-0.39, 0.29) is 9.90 Å². The molecule has 0 fully saturated rings. The van der Waals surface area contributed by atoms with Gasteiger partial charge in [0, 0.05) is 7.05 Å². The first-order chi connectivity index (χ1) is 8.82. The third-order valence-electron chi connectivity index (χ3n) is 2.41. The molecular formula is C11H8BrClFNO2S2. The summed E-state index contributed by atoms with van der Waals surface area (Å²) in [6, 6.07) is 6.74. The van der Waals surface area contributed by atoms with Crippen LogP contribution in [-0.2, 0) is 10.0 Å². The van der Waals surface area contributed by atoms with Crippen LogP contribution in [0.25, 0.3) is 0 Å². The van der Waals surface area contributed by atoms with Gasteiger partial charge in [0.2, 0.25) is 0 Å². The summed E-state index contributed by atoms with van der Waals surface area (Å²) >= 11 is 10.0. The van der Waals surface area contributed by atoms with E-state index in [0.717, 1.165) is 21.7 Å². The molecule has 0 spiro atoms. The zero-order chi connectivity index (χ0) is 14.2. The molecule has 2 aromatic rings. The van der Waals surface area contributed by atoms with Crippen molar-refractivity contribution in [2.24, 2.45) is 0 Å². The lowest BCUT2D eigenvalue weighted by atomic mass is 10.3. The molecular weight excluding hydrogens is 377 g/mol. The minimum absolute atomic E-state index is 0.0936. The highest BCUT2D eigenvalue weighted by Crippen LogP contribution is 2.36. The van der Waals surface area contributed by atoms with Crippen LogP contribution in [-0.4, -0.2) is 15.5 Å². The summed E-state index contributed by atoms with van der Waals surface area (Å²) in [7, 11) is -2.37. The SMILES string of the molecule is CN(c1cccc(F)c1)S(=O)(=O)c1cc(Cl)c(Br)s1. The molecule has 0 N–H and O–H groups in total. The van der Waals surface area contributed by atoms with Gasteiger partial charge in [0.15, 0.2) is 0 Å². The number of sulfonamides is 1. The van der Waals surface area contributed by atoms with Crippen LogP contribution in [0.3, 0.4) is 0 Å². The van der Waals surface area contributed by atoms with Crippen LogP contribution in [0.4, 0.5) is 10.1 Å². The van der Waals surface area contributed by atoms with Gasteiger partial charge in [-0.1, -0.05) is 17.7 Å². The smallest absolute Gasteiger partial charge is 0.269 e. The Morgan fingerprint density at radius 2 is 2.05 bits per heavy atom. The molecule has 1 heterocycles. The van der Waals surface area contributed by atoms with E-state index >= 15 is 0 Å². The molecule has 1 aromatic heterocycles. The molecule has 2 rings (SSSR count). The standard InChI is InChI=1S/C11H8BrClFNO2S2/c1-15(8-4-2-3-7(14)5-8)19(16,17)10-6-9(13)11(12)18-10/h2-6H,1H3. The highest BCUT2D eigenvalue weighted by Gasteiger charge is 2.24. The highest BCUT2D eigenvalue weighted by molar-refractivity contribution is 9.11. The summed E-state index contributed by atoms with van der Waals surface area (Å²) in [6.45, 7) is 0. The van der Waals surface area contributed by atoms with Gasteiger partial charge in [0.1, 0.15) is 10.0 Å². The van der Waals surface area contributed by atoms with E-state index < -0.39 is 15.8 Å². The number of hydrogen-bond donors (Lipinski definition) is 0. The molecule has 0 atom stereocenters. The number of rotatable bonds is 3. The maximum Gasteiger partial charge on any atom is 0.273 e. The lowest BCUT2D eigenvalue weighted by molar-refractivity contribution is 0.596. The van der Waals surface area contributed by atoms with Crippen molar-refractivity contribution in [3.05, 3.63) is 45.0 Å². The molecule has 0 aliphatic heterocycles. The predicted octanol–water partition coefficient (Wildman–Crippen LogP) is 4.13. The maximum atomic E-state index is 13.1. The van der Waals surface area contributed by atoms with Crippen LogP contribution < -0.4 is 4.31 Å². The van der Waals surface area contributed by atoms with Crippen molar-refractivity contribution in [3.8, 4) is 0 Å². The van der Waals surface area contributed by atoms with E-state index in [4.69, 9.17) is 11.6 Å². The van der Waals surface area contributed by atoms with Crippen molar-refractivity contribution in [1.82, 2.24) is 0 Å². The van der Waals surface area contributed by atoms with Crippen LogP contribution in [0.5, 0.6) is 0 Å². The van der Waals surface area contributed by atoms with E-state index in [1.165, 1.54) is 31.3 Å². The van der Waals surface area contributed by atoms with Crippen molar-refractivity contribution in [1.29, 1.82) is 0 Å². The van der Waals surface area contributed by atoms with Crippen LogP contribution in [0.2, 0.25) is 5.02 Å². The Morgan fingerprint density at radius 3 is 2.58 bits per heavy atom. The van der Waals surface area contributed by atoms with Gasteiger partial charge in [-0.3, -0.25) is 4.31 Å². The first kappa shape index (κ1) is 14.8. The van der Waals surface area contributed by atoms with Gasteiger partial charge in [-0.2, -0.15) is 0 Å². The Morgan fingerprint density at radius 1 is 1.37 bits per heavy atom. The first-order valence-corrected chi connectivity index (χ1v) is 8.44. The normalized spacial score (nSPS) is 11.6. The van der Waals surface area contributed by atoms with Gasteiger partial charge in [0.05, 0.1) is 14.5 Å². The van der Waals surface area contributed by atoms with Crippen LogP contribution in [0.1, 0.15) is 0 Å². The Hall–Kier alpha value is -0.630. The quantitative estimate of drug-likeness (QED) is 0.798. The fraction of sp³-hybridized carbons (Fsp3) is 0.0909. The van der Waals surface area contributed by atoms with Gasteiger partial charge in [-0.25, -0.2) is 12.8 Å². The van der Waals surface area contributed by atoms with Gasteiger partial charge >= 0.3 is 0 Å². The Kier molecular flexibility index (Phi) is 4.20. The summed E-state index contributed by atoms with van der Waals surface area (Å²) in [5.41, 5.74) is 0.251. The van der Waals surface area contributed by atoms with Crippen molar-refractivity contribution in [2.45, 2.75) is 4.21 Å². The monoisotopic (exact) mass is 383 g/mol. The van der Waals surface area contributed by atoms with E-state index in [0.29, 0.717) is 8.81 Å². The molecule has 0 bridgehead atoms. The average molecular weight is 385 g/mol. The average Bonchev–Trinajstić information content (AvgIpc) is 2.69. The van der Waals surface area contributed by atoms with Gasteiger partial charge in [-0.05, 0) is 40.2 Å². The molecule has 0 aliphatic carbocycles. The third-order valence-corrected chi connectivity index (χ3v) is 7.12. The maximum absolute atomic E-state index is 13.1. The van der Waals surface area contributed by atoms with E-state index in [1.807, 2.05) is 0 Å². The molecule has 8 heteroatoms. The van der Waals surface area contributed by atoms with Crippen molar-refractivity contribution >= 4 is 54.6 Å². The minimum atomic E-state index is -3.74. The van der Waals surface area contributed by atoms with Crippen LogP contribution in [0.15, 0.2) is 38.3 Å². The van der Waals surface area contributed by atoms with Crippen LogP contribution >= 0.6 is 38.9 Å². The third kappa shape index (κ3) is 2.94. The molecule has 0 radical (unpaired) electrons. The molecule has 0 unspecified atom stereocenters. The zero-order valence-electron chi connectivity index (χ0n) is 9.60. The number of halogens is 3. The molecule has 3 nitrogen and oxygen atoms in total. The second-order valence-corrected chi connectivity index (χ2v) is 8.61. The lowest BCUT2D eigenvalue weighted by Gasteiger charge is -2.18. The number of hydrogen-bond acceptors (Lipinski definition) is 3. The van der Waals surface area contributed by atoms with Crippen molar-refractivity contribution < 1.29 is 12.8 Å². The fourth-order valence-corrected chi connectivity index (χ4v) is 5.16. The Balaban J connectivity index is 2.45. The van der Waals surface area contributed by atoms with E-state index in [9.17, 15) is 12.8 Å². The molecule has 0 aliphatic rings. The number of benzene rings is 1. The highest BCUT2D eigenvalue weighted by atomic mass is 79.9. The largest absolute Gasteiger partial charge is 0.273 e. The van der Waals surface area contributed by atoms with Gasteiger partial charge in [0.25, 0.3) is 10.0 Å². The zero-order valence-corrected chi connectivity index (χ0v) is 13.6. The second kappa shape index (κ2) is 5.40. The Labute approximate surface area is 127 Å². The molecule has 19 heavy (non-hydrogen) atoms. The molecule has 0 saturated heterocycles. The summed E-state index contributed by atoms with van der Waals surface area (Å²) < 4.78 is 39.5. The summed E-state index contributed by atoms with van der Waals surface area (Å²) in [5.74, 6) is -0.495. The fourth-order valence-electron chi connectivity index (χ4n) is 1.40. The summed E-state index contributed by atoms with van der Waals surface area (Å²) in [6.07, 6.45) is 0. The molecule has 102 valence electrons. The number of anilines is 1. The number of nitrogens with zero attached hydrogens (tertiary/aromatic N) is 1. The first-order valence-electron chi connectivity index (χ1n) is 5.01. The molecule has 0 amide bonds. The summed E-state index contributed by atoms with van der Waals surface area (Å²) in [4.78, 5) is 0. The van der Waals surface area contributed by atoms with E-state index in [1.54, 1.807) is 0 Å². The Bertz CT molecular complexity index is 698. The van der Waals surface area contributed by atoms with Crippen molar-refractivity contribution in [2.75, 3.05) is 11.4 Å². The second-order valence-electron chi connectivity index (χ2n) is 3.64. The van der Waals surface area contributed by atoms with Gasteiger partial charge in [-0.15, -0.1) is 11.3 Å². The molecule has 0 saturated carbocycles. The van der Waals surface area contributed by atoms with Crippen LogP contribution in [0, 0.1) is 5.82 Å². The number of thiophene rings is 1. The molecule has 1 aromatic carbocycles. The van der Waals surface area contributed by atoms with Crippen molar-refractivity contribution in [3.63, 3.8) is 0 Å². The van der Waals surface area contributed by atoms with Gasteiger partial charge < -0.3 is 0 Å². The minimum Gasteiger partial charge on any atom is -0.269 e. The lowest BCUT2D eigenvalue weighted by Crippen LogP contribution is -2.25.